The van der Waals surface area contributed by atoms with Gasteiger partial charge >= 0.3 is 0 Å². The van der Waals surface area contributed by atoms with Gasteiger partial charge in [0.1, 0.15) is 0 Å². The van der Waals surface area contributed by atoms with E-state index in [2.05, 4.69) is 4.99 Å². The molecule has 0 bridgehead atoms. The zero-order valence-corrected chi connectivity index (χ0v) is 6.82. The number of allylic oxidation sites excluding steroid dienone is 5. The molecule has 2 heteroatoms. The topological polar surface area (TPSA) is 29.4 Å². The average Bonchev–Trinajstić information content (AvgIpc) is 2.07. The van der Waals surface area contributed by atoms with Crippen LogP contribution in [0, 0.1) is 5.92 Å². The van der Waals surface area contributed by atoms with Crippen LogP contribution in [0.2, 0.25) is 0 Å². The third kappa shape index (κ3) is 1.05. The lowest BCUT2D eigenvalue weighted by molar-refractivity contribution is -0.114. The summed E-state index contributed by atoms with van der Waals surface area (Å²) in [7, 11) is 0. The van der Waals surface area contributed by atoms with Gasteiger partial charge in [-0.05, 0) is 13.0 Å². The van der Waals surface area contributed by atoms with E-state index in [-0.39, 0.29) is 11.8 Å². The van der Waals surface area contributed by atoms with Crippen molar-refractivity contribution < 1.29 is 4.79 Å². The van der Waals surface area contributed by atoms with Crippen molar-refractivity contribution in [3.63, 3.8) is 0 Å². The van der Waals surface area contributed by atoms with E-state index >= 15 is 0 Å². The molecule has 1 unspecified atom stereocenters. The fourth-order valence-electron chi connectivity index (χ4n) is 1.35. The van der Waals surface area contributed by atoms with Gasteiger partial charge in [0.05, 0.1) is 5.71 Å². The molecule has 0 aromatic heterocycles. The van der Waals surface area contributed by atoms with E-state index in [0.29, 0.717) is 0 Å². The van der Waals surface area contributed by atoms with Crippen LogP contribution in [0.15, 0.2) is 40.9 Å². The van der Waals surface area contributed by atoms with Crippen molar-refractivity contribution in [1.29, 1.82) is 0 Å². The normalized spacial score (nSPS) is 26.4. The van der Waals surface area contributed by atoms with Gasteiger partial charge in [0, 0.05) is 11.5 Å². The van der Waals surface area contributed by atoms with Crippen molar-refractivity contribution >= 4 is 11.6 Å². The maximum absolute atomic E-state index is 11.1. The Bertz CT molecular complexity index is 345. The second-order valence-corrected chi connectivity index (χ2v) is 2.96. The molecule has 2 aliphatic rings. The van der Waals surface area contributed by atoms with Crippen LogP contribution < -0.4 is 0 Å². The third-order valence-electron chi connectivity index (χ3n) is 2.04. The molecule has 0 fully saturated rings. The van der Waals surface area contributed by atoms with Crippen LogP contribution in [0.5, 0.6) is 0 Å². The summed E-state index contributed by atoms with van der Waals surface area (Å²) >= 11 is 0. The number of rotatable bonds is 0. The first-order valence-corrected chi connectivity index (χ1v) is 3.93. The predicted octanol–water partition coefficient (Wildman–Crippen LogP) is 1.66. The summed E-state index contributed by atoms with van der Waals surface area (Å²) in [6.45, 7) is 1.80. The van der Waals surface area contributed by atoms with Gasteiger partial charge in [-0.2, -0.15) is 0 Å². The Labute approximate surface area is 71.0 Å². The summed E-state index contributed by atoms with van der Waals surface area (Å²) in [6.07, 6.45) is 9.74. The SMILES string of the molecule is CC1=CC2C=CC=CC2=NC1=O. The zero-order valence-electron chi connectivity index (χ0n) is 6.82. The van der Waals surface area contributed by atoms with Crippen molar-refractivity contribution in [1.82, 2.24) is 0 Å². The van der Waals surface area contributed by atoms with Crippen LogP contribution in [0.25, 0.3) is 0 Å². The monoisotopic (exact) mass is 159 g/mol. The summed E-state index contributed by atoms with van der Waals surface area (Å²) in [5, 5.41) is 0. The smallest absolute Gasteiger partial charge is 0.267 e. The molecule has 0 saturated carbocycles. The standard InChI is InChI=1S/C10H9NO/c1-7-6-8-4-2-3-5-9(8)11-10(7)12/h2-6,8H,1H3. The Kier molecular flexibility index (Phi) is 1.54. The van der Waals surface area contributed by atoms with Gasteiger partial charge in [-0.25, -0.2) is 4.99 Å². The Morgan fingerprint density at radius 3 is 3.08 bits per heavy atom. The number of aliphatic imine (C=N–C) groups is 1. The lowest BCUT2D eigenvalue weighted by Gasteiger charge is -2.16. The maximum Gasteiger partial charge on any atom is 0.272 e. The second-order valence-electron chi connectivity index (χ2n) is 2.96. The molecule has 0 spiro atoms. The quantitative estimate of drug-likeness (QED) is 0.528. The molecule has 2 rings (SSSR count). The first-order valence-electron chi connectivity index (χ1n) is 3.93. The van der Waals surface area contributed by atoms with Gasteiger partial charge in [-0.1, -0.05) is 24.3 Å². The van der Waals surface area contributed by atoms with Gasteiger partial charge in [0.2, 0.25) is 0 Å². The van der Waals surface area contributed by atoms with E-state index in [1.165, 1.54) is 0 Å². The number of fused-ring (bicyclic) bond motifs is 1. The minimum atomic E-state index is -0.110. The molecule has 60 valence electrons. The van der Waals surface area contributed by atoms with Gasteiger partial charge < -0.3 is 0 Å². The zero-order chi connectivity index (χ0) is 8.55. The van der Waals surface area contributed by atoms with Gasteiger partial charge in [0.25, 0.3) is 5.91 Å². The number of hydrogen-bond acceptors (Lipinski definition) is 1. The van der Waals surface area contributed by atoms with Gasteiger partial charge in [-0.3, -0.25) is 4.79 Å². The fourth-order valence-corrected chi connectivity index (χ4v) is 1.35. The van der Waals surface area contributed by atoms with Crippen molar-refractivity contribution in [3.8, 4) is 0 Å². The summed E-state index contributed by atoms with van der Waals surface area (Å²) in [5.74, 6) is 0.105. The minimum Gasteiger partial charge on any atom is -0.267 e. The molecule has 0 N–H and O–H groups in total. The first kappa shape index (κ1) is 7.22. The maximum atomic E-state index is 11.1. The number of dihydropyridines is 1. The average molecular weight is 159 g/mol. The van der Waals surface area contributed by atoms with Crippen LogP contribution in [0.4, 0.5) is 0 Å². The lowest BCUT2D eigenvalue weighted by atomic mass is 9.93. The number of carbonyl (C=O) groups is 1. The van der Waals surface area contributed by atoms with Crippen LogP contribution in [-0.4, -0.2) is 11.6 Å². The van der Waals surface area contributed by atoms with Crippen molar-refractivity contribution in [3.05, 3.63) is 36.0 Å². The summed E-state index contributed by atoms with van der Waals surface area (Å²) < 4.78 is 0. The Hall–Kier alpha value is -1.44. The van der Waals surface area contributed by atoms with Crippen LogP contribution in [-0.2, 0) is 4.79 Å². The molecule has 1 aliphatic carbocycles. The van der Waals surface area contributed by atoms with Crippen molar-refractivity contribution in [2.24, 2.45) is 10.9 Å². The first-order chi connectivity index (χ1) is 5.77. The minimum absolute atomic E-state index is 0.110. The highest BCUT2D eigenvalue weighted by atomic mass is 16.1. The Balaban J connectivity index is 2.41. The van der Waals surface area contributed by atoms with Crippen LogP contribution >= 0.6 is 0 Å². The van der Waals surface area contributed by atoms with Crippen LogP contribution in [0.1, 0.15) is 6.92 Å². The number of hydrogen-bond donors (Lipinski definition) is 0. The molecule has 0 saturated heterocycles. The Morgan fingerprint density at radius 2 is 2.25 bits per heavy atom. The highest BCUT2D eigenvalue weighted by Gasteiger charge is 2.18. The molecule has 0 aromatic rings. The van der Waals surface area contributed by atoms with Crippen molar-refractivity contribution in [2.75, 3.05) is 0 Å². The highest BCUT2D eigenvalue weighted by molar-refractivity contribution is 6.12. The molecule has 1 atom stereocenters. The van der Waals surface area contributed by atoms with Crippen LogP contribution in [0.3, 0.4) is 0 Å². The summed E-state index contributed by atoms with van der Waals surface area (Å²) in [6, 6.07) is 0. The lowest BCUT2D eigenvalue weighted by Crippen LogP contribution is -2.18. The van der Waals surface area contributed by atoms with E-state index in [0.717, 1.165) is 11.3 Å². The largest absolute Gasteiger partial charge is 0.272 e. The molecular weight excluding hydrogens is 150 g/mol. The van der Waals surface area contributed by atoms with Gasteiger partial charge in [-0.15, -0.1) is 0 Å². The summed E-state index contributed by atoms with van der Waals surface area (Å²) in [4.78, 5) is 15.1. The Morgan fingerprint density at radius 1 is 1.42 bits per heavy atom. The molecular formula is C10H9NO. The molecule has 2 nitrogen and oxygen atoms in total. The van der Waals surface area contributed by atoms with E-state index in [1.807, 2.05) is 30.4 Å². The highest BCUT2D eigenvalue weighted by Crippen LogP contribution is 2.18. The molecule has 0 aromatic carbocycles. The number of amides is 1. The molecule has 12 heavy (non-hydrogen) atoms. The number of nitrogens with zero attached hydrogens (tertiary/aromatic N) is 1. The van der Waals surface area contributed by atoms with E-state index < -0.39 is 0 Å². The molecule has 0 radical (unpaired) electrons. The summed E-state index contributed by atoms with van der Waals surface area (Å²) in [5.41, 5.74) is 1.59. The van der Waals surface area contributed by atoms with Crippen molar-refractivity contribution in [2.45, 2.75) is 6.92 Å². The predicted molar refractivity (Wildman–Crippen MR) is 48.0 cm³/mol. The van der Waals surface area contributed by atoms with Gasteiger partial charge in [0.15, 0.2) is 0 Å². The second kappa shape index (κ2) is 2.55. The molecule has 1 heterocycles. The van der Waals surface area contributed by atoms with E-state index in [9.17, 15) is 4.79 Å². The molecule has 1 aliphatic heterocycles. The third-order valence-corrected chi connectivity index (χ3v) is 2.04. The molecule has 1 amide bonds. The van der Waals surface area contributed by atoms with E-state index in [1.54, 1.807) is 6.92 Å². The van der Waals surface area contributed by atoms with E-state index in [4.69, 9.17) is 0 Å². The fraction of sp³-hybridized carbons (Fsp3) is 0.200. The number of carbonyl (C=O) groups excluding carboxylic acids is 1.